The second kappa shape index (κ2) is 7.00. The second-order valence-corrected chi connectivity index (χ2v) is 5.77. The molecule has 20 heavy (non-hydrogen) atoms. The van der Waals surface area contributed by atoms with Crippen LogP contribution in [0.4, 0.5) is 4.39 Å². The highest BCUT2D eigenvalue weighted by atomic mass is 79.9. The van der Waals surface area contributed by atoms with Gasteiger partial charge in [0.15, 0.2) is 0 Å². The molecule has 106 valence electrons. The van der Waals surface area contributed by atoms with Gasteiger partial charge < -0.3 is 5.32 Å². The maximum absolute atomic E-state index is 13.4. The molecule has 0 amide bonds. The summed E-state index contributed by atoms with van der Waals surface area (Å²) in [5.41, 5.74) is 3.71. The van der Waals surface area contributed by atoms with Crippen molar-refractivity contribution in [3.05, 3.63) is 69.4 Å². The van der Waals surface area contributed by atoms with Crippen molar-refractivity contribution in [2.45, 2.75) is 26.3 Å². The van der Waals surface area contributed by atoms with Crippen LogP contribution in [0, 0.1) is 12.7 Å². The monoisotopic (exact) mass is 335 g/mol. The smallest absolute Gasteiger partial charge is 0.137 e. The van der Waals surface area contributed by atoms with E-state index in [1.807, 2.05) is 12.1 Å². The molecule has 1 unspecified atom stereocenters. The van der Waals surface area contributed by atoms with Gasteiger partial charge in [-0.05, 0) is 64.6 Å². The van der Waals surface area contributed by atoms with E-state index in [1.165, 1.54) is 17.2 Å². The molecule has 1 N–H and O–H groups in total. The number of aryl methyl sites for hydroxylation is 1. The first-order valence-corrected chi connectivity index (χ1v) is 7.64. The topological polar surface area (TPSA) is 12.0 Å². The van der Waals surface area contributed by atoms with E-state index in [4.69, 9.17) is 0 Å². The van der Waals surface area contributed by atoms with Gasteiger partial charge in [0.25, 0.3) is 0 Å². The number of hydrogen-bond acceptors (Lipinski definition) is 1. The van der Waals surface area contributed by atoms with Crippen molar-refractivity contribution >= 4 is 15.9 Å². The molecule has 0 aliphatic rings. The van der Waals surface area contributed by atoms with Gasteiger partial charge in [0.05, 0.1) is 4.47 Å². The van der Waals surface area contributed by atoms with E-state index in [1.54, 1.807) is 0 Å². The predicted molar refractivity (Wildman–Crippen MR) is 85.4 cm³/mol. The van der Waals surface area contributed by atoms with Gasteiger partial charge >= 0.3 is 0 Å². The number of likely N-dealkylation sites (N-methyl/N-ethyl adjacent to an activating group) is 1. The Morgan fingerprint density at radius 3 is 2.60 bits per heavy atom. The Balaban J connectivity index is 2.27. The Morgan fingerprint density at radius 1 is 1.20 bits per heavy atom. The Labute approximate surface area is 128 Å². The molecule has 0 saturated heterocycles. The molecule has 0 aliphatic carbocycles. The van der Waals surface area contributed by atoms with Gasteiger partial charge in [-0.2, -0.15) is 0 Å². The quantitative estimate of drug-likeness (QED) is 0.828. The molecule has 1 atom stereocenters. The summed E-state index contributed by atoms with van der Waals surface area (Å²) in [4.78, 5) is 0. The lowest BCUT2D eigenvalue weighted by Crippen LogP contribution is -2.23. The summed E-state index contributed by atoms with van der Waals surface area (Å²) in [6.45, 7) is 5.09. The van der Waals surface area contributed by atoms with E-state index in [0.717, 1.165) is 18.5 Å². The van der Waals surface area contributed by atoms with Crippen LogP contribution in [0.2, 0.25) is 0 Å². The molecule has 3 heteroatoms. The first kappa shape index (κ1) is 15.2. The van der Waals surface area contributed by atoms with Crippen LogP contribution in [-0.2, 0) is 6.42 Å². The third-order valence-corrected chi connectivity index (χ3v) is 4.09. The molecular weight excluding hydrogens is 317 g/mol. The number of rotatable bonds is 5. The molecule has 0 fully saturated rings. The predicted octanol–water partition coefficient (Wildman–Crippen LogP) is 4.79. The van der Waals surface area contributed by atoms with Crippen molar-refractivity contribution < 1.29 is 4.39 Å². The van der Waals surface area contributed by atoms with Gasteiger partial charge in [-0.3, -0.25) is 0 Å². The molecular formula is C17H19BrFN. The van der Waals surface area contributed by atoms with Crippen molar-refractivity contribution in [2.24, 2.45) is 0 Å². The number of halogens is 2. The van der Waals surface area contributed by atoms with E-state index in [9.17, 15) is 4.39 Å². The van der Waals surface area contributed by atoms with Crippen molar-refractivity contribution in [3.8, 4) is 0 Å². The van der Waals surface area contributed by atoms with E-state index in [-0.39, 0.29) is 11.9 Å². The van der Waals surface area contributed by atoms with Crippen LogP contribution < -0.4 is 5.32 Å². The van der Waals surface area contributed by atoms with Crippen molar-refractivity contribution in [1.82, 2.24) is 5.32 Å². The molecule has 0 saturated carbocycles. The molecule has 0 bridgehead atoms. The Morgan fingerprint density at radius 2 is 1.95 bits per heavy atom. The lowest BCUT2D eigenvalue weighted by atomic mass is 9.96. The highest BCUT2D eigenvalue weighted by molar-refractivity contribution is 9.10. The Kier molecular flexibility index (Phi) is 5.32. The van der Waals surface area contributed by atoms with Crippen LogP contribution >= 0.6 is 15.9 Å². The minimum atomic E-state index is -0.222. The van der Waals surface area contributed by atoms with Crippen molar-refractivity contribution in [1.29, 1.82) is 0 Å². The lowest BCUT2D eigenvalue weighted by Gasteiger charge is -2.20. The summed E-state index contributed by atoms with van der Waals surface area (Å²) in [5.74, 6) is -0.222. The van der Waals surface area contributed by atoms with Crippen LogP contribution in [0.5, 0.6) is 0 Å². The molecule has 2 aromatic rings. The van der Waals surface area contributed by atoms with Crippen molar-refractivity contribution in [2.75, 3.05) is 6.54 Å². The molecule has 0 radical (unpaired) electrons. The maximum Gasteiger partial charge on any atom is 0.137 e. The number of nitrogens with one attached hydrogen (secondary N) is 1. The zero-order valence-corrected chi connectivity index (χ0v) is 13.4. The molecule has 0 spiro atoms. The van der Waals surface area contributed by atoms with Crippen LogP contribution in [0.3, 0.4) is 0 Å². The van der Waals surface area contributed by atoms with E-state index >= 15 is 0 Å². The fraction of sp³-hybridized carbons (Fsp3) is 0.294. The molecule has 0 aromatic heterocycles. The van der Waals surface area contributed by atoms with Crippen molar-refractivity contribution in [3.63, 3.8) is 0 Å². The summed E-state index contributed by atoms with van der Waals surface area (Å²) in [5, 5.41) is 3.48. The third kappa shape index (κ3) is 3.68. The van der Waals surface area contributed by atoms with E-state index < -0.39 is 0 Å². The highest BCUT2D eigenvalue weighted by Crippen LogP contribution is 2.25. The normalized spacial score (nSPS) is 12.4. The Bertz CT molecular complexity index is 583. The summed E-state index contributed by atoms with van der Waals surface area (Å²) in [6, 6.07) is 13.8. The average Bonchev–Trinajstić information content (AvgIpc) is 2.44. The van der Waals surface area contributed by atoms with Gasteiger partial charge in [0, 0.05) is 6.04 Å². The standard InChI is InChI=1S/C17H19BrFN/c1-3-20-17(11-13-7-5-4-6-12(13)2)14-8-9-16(19)15(18)10-14/h4-10,17,20H,3,11H2,1-2H3. The average molecular weight is 336 g/mol. The van der Waals surface area contributed by atoms with Crippen LogP contribution in [0.1, 0.15) is 29.7 Å². The number of benzene rings is 2. The zero-order valence-electron chi connectivity index (χ0n) is 11.8. The zero-order chi connectivity index (χ0) is 14.5. The van der Waals surface area contributed by atoms with E-state index in [0.29, 0.717) is 4.47 Å². The molecule has 2 aromatic carbocycles. The SMILES string of the molecule is CCNC(Cc1ccccc1C)c1ccc(F)c(Br)c1. The Hall–Kier alpha value is -1.19. The summed E-state index contributed by atoms with van der Waals surface area (Å²) >= 11 is 3.26. The summed E-state index contributed by atoms with van der Waals surface area (Å²) in [7, 11) is 0. The van der Waals surface area contributed by atoms with Crippen LogP contribution in [0.25, 0.3) is 0 Å². The van der Waals surface area contributed by atoms with Gasteiger partial charge in [0.2, 0.25) is 0 Å². The molecule has 0 aliphatic heterocycles. The van der Waals surface area contributed by atoms with Gasteiger partial charge in [-0.25, -0.2) is 4.39 Å². The second-order valence-electron chi connectivity index (χ2n) is 4.91. The fourth-order valence-corrected chi connectivity index (χ4v) is 2.74. The largest absolute Gasteiger partial charge is 0.310 e. The minimum Gasteiger partial charge on any atom is -0.310 e. The number of hydrogen-bond donors (Lipinski definition) is 1. The van der Waals surface area contributed by atoms with Crippen LogP contribution in [0.15, 0.2) is 46.9 Å². The molecule has 1 nitrogen and oxygen atoms in total. The van der Waals surface area contributed by atoms with E-state index in [2.05, 4.69) is 59.4 Å². The van der Waals surface area contributed by atoms with Gasteiger partial charge in [-0.15, -0.1) is 0 Å². The third-order valence-electron chi connectivity index (χ3n) is 3.48. The highest BCUT2D eigenvalue weighted by Gasteiger charge is 2.13. The van der Waals surface area contributed by atoms with Gasteiger partial charge in [0.1, 0.15) is 5.82 Å². The summed E-state index contributed by atoms with van der Waals surface area (Å²) < 4.78 is 13.9. The first-order valence-electron chi connectivity index (χ1n) is 6.84. The first-order chi connectivity index (χ1) is 9.61. The van der Waals surface area contributed by atoms with Gasteiger partial charge in [-0.1, -0.05) is 37.3 Å². The van der Waals surface area contributed by atoms with Crippen LogP contribution in [-0.4, -0.2) is 6.54 Å². The lowest BCUT2D eigenvalue weighted by molar-refractivity contribution is 0.545. The fourth-order valence-electron chi connectivity index (χ4n) is 2.34. The minimum absolute atomic E-state index is 0.193. The molecule has 0 heterocycles. The molecule has 2 rings (SSSR count). The summed E-state index contributed by atoms with van der Waals surface area (Å²) in [6.07, 6.45) is 0.901. The maximum atomic E-state index is 13.4.